The van der Waals surface area contributed by atoms with Crippen LogP contribution in [0.5, 0.6) is 0 Å². The van der Waals surface area contributed by atoms with E-state index in [1.165, 1.54) is 24.3 Å². The van der Waals surface area contributed by atoms with Crippen LogP contribution in [0.1, 0.15) is 72.1 Å². The van der Waals surface area contributed by atoms with Crippen molar-refractivity contribution in [2.24, 2.45) is 34.5 Å². The highest BCUT2D eigenvalue weighted by atomic mass is 32.2. The SMILES string of the molecule is CC(=O)OCC(=O)[C@H]1CC[C@H]2[C@@H]3CCC4=CC(=O)CC[C@]4(CSC(C)=O)[C@H]3CC[C@]12C. The van der Waals surface area contributed by atoms with Crippen molar-refractivity contribution in [3.63, 3.8) is 0 Å². The first kappa shape index (κ1) is 22.8. The fourth-order valence-electron chi connectivity index (χ4n) is 7.66. The highest BCUT2D eigenvalue weighted by molar-refractivity contribution is 8.13. The van der Waals surface area contributed by atoms with E-state index in [2.05, 4.69) is 6.92 Å². The van der Waals surface area contributed by atoms with E-state index in [9.17, 15) is 19.2 Å². The van der Waals surface area contributed by atoms with E-state index < -0.39 is 5.97 Å². The lowest BCUT2D eigenvalue weighted by Crippen LogP contribution is -2.53. The van der Waals surface area contributed by atoms with Crippen molar-refractivity contribution in [2.45, 2.75) is 72.1 Å². The Morgan fingerprint density at radius 3 is 2.55 bits per heavy atom. The van der Waals surface area contributed by atoms with Gasteiger partial charge in [-0.3, -0.25) is 19.2 Å². The molecule has 4 aliphatic rings. The van der Waals surface area contributed by atoms with Gasteiger partial charge in [-0.1, -0.05) is 24.3 Å². The highest BCUT2D eigenvalue weighted by Crippen LogP contribution is 2.67. The molecule has 0 saturated heterocycles. The van der Waals surface area contributed by atoms with Crippen molar-refractivity contribution in [3.05, 3.63) is 11.6 Å². The Balaban J connectivity index is 1.59. The molecule has 4 rings (SSSR count). The number of esters is 1. The molecular formula is C25H34O5S. The summed E-state index contributed by atoms with van der Waals surface area (Å²) in [5, 5.41) is 0.144. The first-order valence-corrected chi connectivity index (χ1v) is 12.7. The molecule has 0 aliphatic heterocycles. The third-order valence-electron chi connectivity index (χ3n) is 9.03. The van der Waals surface area contributed by atoms with Gasteiger partial charge < -0.3 is 4.74 Å². The van der Waals surface area contributed by atoms with E-state index in [0.717, 1.165) is 50.7 Å². The third kappa shape index (κ3) is 3.94. The molecule has 3 fully saturated rings. The number of hydrogen-bond acceptors (Lipinski definition) is 6. The van der Waals surface area contributed by atoms with Gasteiger partial charge in [0.2, 0.25) is 0 Å². The number of hydrogen-bond donors (Lipinski definition) is 0. The van der Waals surface area contributed by atoms with Gasteiger partial charge in [0.1, 0.15) is 6.61 Å². The van der Waals surface area contributed by atoms with Crippen LogP contribution < -0.4 is 0 Å². The van der Waals surface area contributed by atoms with Gasteiger partial charge in [-0.2, -0.15) is 0 Å². The standard InChI is InChI=1S/C25H34O5S/c1-15(26)30-13-23(29)22-7-6-20-19-5-4-17-12-18(28)8-11-25(17,14-31-16(2)27)21(19)9-10-24(20,22)3/h12,19-22H,4-11,13-14H2,1-3H3/t19-,20-,21-,22+,24-,25+/m0/s1. The molecule has 170 valence electrons. The van der Waals surface area contributed by atoms with Gasteiger partial charge in [0.25, 0.3) is 0 Å². The maximum absolute atomic E-state index is 12.9. The molecule has 0 unspecified atom stereocenters. The monoisotopic (exact) mass is 446 g/mol. The van der Waals surface area contributed by atoms with Gasteiger partial charge >= 0.3 is 5.97 Å². The van der Waals surface area contributed by atoms with E-state index in [4.69, 9.17) is 4.74 Å². The van der Waals surface area contributed by atoms with E-state index in [1.54, 1.807) is 6.92 Å². The summed E-state index contributed by atoms with van der Waals surface area (Å²) >= 11 is 1.42. The van der Waals surface area contributed by atoms with Gasteiger partial charge in [0.05, 0.1) is 0 Å². The second-order valence-corrected chi connectivity index (χ2v) is 11.6. The zero-order valence-corrected chi connectivity index (χ0v) is 19.7. The van der Waals surface area contributed by atoms with E-state index >= 15 is 0 Å². The molecule has 0 radical (unpaired) electrons. The fourth-order valence-corrected chi connectivity index (χ4v) is 8.67. The molecule has 0 spiro atoms. The Kier molecular flexibility index (Phi) is 6.23. The molecule has 5 nitrogen and oxygen atoms in total. The number of fused-ring (bicyclic) bond motifs is 5. The van der Waals surface area contributed by atoms with Crippen LogP contribution in [0.3, 0.4) is 0 Å². The smallest absolute Gasteiger partial charge is 0.303 e. The van der Waals surface area contributed by atoms with Gasteiger partial charge in [-0.05, 0) is 74.2 Å². The predicted molar refractivity (Wildman–Crippen MR) is 119 cm³/mol. The zero-order valence-electron chi connectivity index (χ0n) is 18.9. The molecule has 0 amide bonds. The van der Waals surface area contributed by atoms with Crippen molar-refractivity contribution in [1.29, 1.82) is 0 Å². The lowest BCUT2D eigenvalue weighted by Gasteiger charge is -2.59. The molecule has 0 aromatic carbocycles. The number of rotatable bonds is 5. The molecule has 3 saturated carbocycles. The summed E-state index contributed by atoms with van der Waals surface area (Å²) in [4.78, 5) is 48.1. The van der Waals surface area contributed by atoms with Gasteiger partial charge in [-0.15, -0.1) is 0 Å². The van der Waals surface area contributed by atoms with Gasteiger partial charge in [0, 0.05) is 37.4 Å². The van der Waals surface area contributed by atoms with Crippen LogP contribution in [0, 0.1) is 34.5 Å². The van der Waals surface area contributed by atoms with Crippen LogP contribution in [0.15, 0.2) is 11.6 Å². The second-order valence-electron chi connectivity index (χ2n) is 10.4. The molecule has 6 heteroatoms. The molecule has 0 heterocycles. The zero-order chi connectivity index (χ0) is 22.4. The largest absolute Gasteiger partial charge is 0.458 e. The minimum atomic E-state index is -0.403. The van der Waals surface area contributed by atoms with Crippen LogP contribution in [-0.4, -0.2) is 35.0 Å². The van der Waals surface area contributed by atoms with E-state index in [0.29, 0.717) is 24.2 Å². The summed E-state index contributed by atoms with van der Waals surface area (Å²) < 4.78 is 5.04. The minimum Gasteiger partial charge on any atom is -0.458 e. The first-order valence-electron chi connectivity index (χ1n) is 11.7. The number of thioether (sulfide) groups is 1. The van der Waals surface area contributed by atoms with Crippen molar-refractivity contribution < 1.29 is 23.9 Å². The number of carbonyl (C=O) groups excluding carboxylic acids is 4. The van der Waals surface area contributed by atoms with E-state index in [1.807, 2.05) is 6.08 Å². The minimum absolute atomic E-state index is 0.0368. The second kappa shape index (κ2) is 8.49. The normalized spacial score (nSPS) is 39.1. The van der Waals surface area contributed by atoms with Crippen LogP contribution in [0.2, 0.25) is 0 Å². The van der Waals surface area contributed by atoms with E-state index in [-0.39, 0.29) is 40.0 Å². The lowest BCUT2D eigenvalue weighted by atomic mass is 9.46. The van der Waals surface area contributed by atoms with Crippen LogP contribution in [0.25, 0.3) is 0 Å². The maximum atomic E-state index is 12.9. The molecule has 0 aromatic rings. The maximum Gasteiger partial charge on any atom is 0.303 e. The average molecular weight is 447 g/mol. The van der Waals surface area contributed by atoms with Gasteiger partial charge in [-0.25, -0.2) is 0 Å². The summed E-state index contributed by atoms with van der Waals surface area (Å²) in [5.41, 5.74) is 1.19. The number of ketones is 2. The quantitative estimate of drug-likeness (QED) is 0.578. The topological polar surface area (TPSA) is 77.5 Å². The average Bonchev–Trinajstić information content (AvgIpc) is 3.07. The molecule has 0 bridgehead atoms. The molecule has 4 aliphatic carbocycles. The first-order chi connectivity index (χ1) is 14.7. The Bertz CT molecular complexity index is 832. The number of Topliss-reactive ketones (excluding diaryl/α,β-unsaturated/α-hetero) is 1. The molecule has 0 N–H and O–H groups in total. The Hall–Kier alpha value is -1.43. The lowest BCUT2D eigenvalue weighted by molar-refractivity contribution is -0.149. The Morgan fingerprint density at radius 1 is 1.06 bits per heavy atom. The highest BCUT2D eigenvalue weighted by Gasteiger charge is 2.61. The van der Waals surface area contributed by atoms with Crippen molar-refractivity contribution in [1.82, 2.24) is 0 Å². The number of allylic oxidation sites excluding steroid dienone is 1. The summed E-state index contributed by atoms with van der Waals surface area (Å²) in [6, 6.07) is 0. The molecular weight excluding hydrogens is 412 g/mol. The predicted octanol–water partition coefficient (Wildman–Crippen LogP) is 4.53. The molecule has 0 aromatic heterocycles. The third-order valence-corrected chi connectivity index (χ3v) is 10.1. The summed E-state index contributed by atoms with van der Waals surface area (Å²) in [6.45, 7) is 5.15. The summed E-state index contributed by atoms with van der Waals surface area (Å²) in [5.74, 6) is 2.13. The van der Waals surface area contributed by atoms with Crippen molar-refractivity contribution in [3.8, 4) is 0 Å². The Labute approximate surface area is 189 Å². The number of carbonyl (C=O) groups is 4. The Morgan fingerprint density at radius 2 is 1.84 bits per heavy atom. The fraction of sp³-hybridized carbons (Fsp3) is 0.760. The van der Waals surface area contributed by atoms with Crippen LogP contribution in [-0.2, 0) is 23.9 Å². The molecule has 31 heavy (non-hydrogen) atoms. The van der Waals surface area contributed by atoms with Crippen molar-refractivity contribution in [2.75, 3.05) is 12.4 Å². The van der Waals surface area contributed by atoms with Crippen LogP contribution >= 0.6 is 11.8 Å². The van der Waals surface area contributed by atoms with Gasteiger partial charge in [0.15, 0.2) is 16.7 Å². The van der Waals surface area contributed by atoms with Crippen molar-refractivity contribution >= 4 is 34.4 Å². The van der Waals surface area contributed by atoms with Crippen LogP contribution in [0.4, 0.5) is 0 Å². The summed E-state index contributed by atoms with van der Waals surface area (Å²) in [7, 11) is 0. The summed E-state index contributed by atoms with van der Waals surface area (Å²) in [6.07, 6.45) is 9.29. The number of ether oxygens (including phenoxy) is 1. The molecule has 6 atom stereocenters.